The van der Waals surface area contributed by atoms with Crippen LogP contribution in [0.3, 0.4) is 0 Å². The number of Topliss-reactive ketones (excluding diaryl/α,β-unsaturated/α-hetero) is 1. The first kappa shape index (κ1) is 20.0. The first-order valence-electron chi connectivity index (χ1n) is 9.78. The van der Waals surface area contributed by atoms with Gasteiger partial charge in [0.15, 0.2) is 5.78 Å². The van der Waals surface area contributed by atoms with Gasteiger partial charge in [0.2, 0.25) is 0 Å². The van der Waals surface area contributed by atoms with E-state index >= 15 is 0 Å². The topological polar surface area (TPSA) is 56.9 Å². The highest BCUT2D eigenvalue weighted by molar-refractivity contribution is 7.15. The van der Waals surface area contributed by atoms with Crippen molar-refractivity contribution in [2.75, 3.05) is 0 Å². The Morgan fingerprint density at radius 2 is 1.77 bits per heavy atom. The van der Waals surface area contributed by atoms with Crippen molar-refractivity contribution in [2.45, 2.75) is 34.2 Å². The standard InChI is InChI=1S/C24H23N3O2S/c1-15-7-5-6-8-21(15)27-16(2)13-19(18(27)4)22(28)14-26-24(29)12-10-20(25-26)23-11-9-17(3)30-23/h5-13H,14H2,1-4H3. The Labute approximate surface area is 179 Å². The number of para-hydroxylation sites is 1. The molecule has 6 heteroatoms. The summed E-state index contributed by atoms with van der Waals surface area (Å²) in [6, 6.07) is 17.2. The summed E-state index contributed by atoms with van der Waals surface area (Å²) in [4.78, 5) is 27.6. The molecular weight excluding hydrogens is 394 g/mol. The van der Waals surface area contributed by atoms with Crippen molar-refractivity contribution in [1.29, 1.82) is 0 Å². The third-order valence-corrected chi connectivity index (χ3v) is 6.26. The first-order valence-corrected chi connectivity index (χ1v) is 10.6. The summed E-state index contributed by atoms with van der Waals surface area (Å²) >= 11 is 1.61. The lowest BCUT2D eigenvalue weighted by Crippen LogP contribution is -2.26. The van der Waals surface area contributed by atoms with Gasteiger partial charge in [0.05, 0.1) is 4.88 Å². The molecular formula is C24H23N3O2S. The van der Waals surface area contributed by atoms with E-state index in [1.54, 1.807) is 17.4 Å². The highest BCUT2D eigenvalue weighted by Crippen LogP contribution is 2.26. The molecule has 0 saturated heterocycles. The van der Waals surface area contributed by atoms with E-state index in [2.05, 4.69) is 22.7 Å². The van der Waals surface area contributed by atoms with Crippen molar-refractivity contribution in [3.05, 3.63) is 92.3 Å². The third-order valence-electron chi connectivity index (χ3n) is 5.24. The molecule has 0 unspecified atom stereocenters. The zero-order valence-corrected chi connectivity index (χ0v) is 18.3. The van der Waals surface area contributed by atoms with Gasteiger partial charge in [-0.3, -0.25) is 9.59 Å². The van der Waals surface area contributed by atoms with Crippen molar-refractivity contribution in [2.24, 2.45) is 0 Å². The third kappa shape index (κ3) is 3.66. The molecule has 152 valence electrons. The summed E-state index contributed by atoms with van der Waals surface area (Å²) in [5, 5.41) is 4.44. The summed E-state index contributed by atoms with van der Waals surface area (Å²) in [6.45, 7) is 7.91. The molecule has 0 atom stereocenters. The maximum atomic E-state index is 13.1. The molecule has 0 bridgehead atoms. The van der Waals surface area contributed by atoms with E-state index in [1.165, 1.54) is 15.6 Å². The Kier molecular flexibility index (Phi) is 5.26. The van der Waals surface area contributed by atoms with Crippen LogP contribution in [0.5, 0.6) is 0 Å². The van der Waals surface area contributed by atoms with E-state index in [9.17, 15) is 9.59 Å². The number of hydrogen-bond acceptors (Lipinski definition) is 4. The summed E-state index contributed by atoms with van der Waals surface area (Å²) in [5.74, 6) is -0.128. The van der Waals surface area contributed by atoms with Crippen LogP contribution in [-0.4, -0.2) is 20.1 Å². The lowest BCUT2D eigenvalue weighted by Gasteiger charge is -2.12. The van der Waals surface area contributed by atoms with E-state index in [4.69, 9.17) is 0 Å². The van der Waals surface area contributed by atoms with Gasteiger partial charge in [0, 0.05) is 33.6 Å². The number of carbonyl (C=O) groups is 1. The second kappa shape index (κ2) is 7.88. The minimum absolute atomic E-state index is 0.0882. The first-order chi connectivity index (χ1) is 14.3. The second-order valence-electron chi connectivity index (χ2n) is 7.45. The summed E-state index contributed by atoms with van der Waals surface area (Å²) < 4.78 is 3.34. The fourth-order valence-corrected chi connectivity index (χ4v) is 4.55. The van der Waals surface area contributed by atoms with Gasteiger partial charge in [-0.25, -0.2) is 4.68 Å². The molecule has 4 aromatic rings. The van der Waals surface area contributed by atoms with Crippen molar-refractivity contribution < 1.29 is 4.79 Å². The molecule has 0 aliphatic heterocycles. The number of benzene rings is 1. The average molecular weight is 418 g/mol. The number of hydrogen-bond donors (Lipinski definition) is 0. The Morgan fingerprint density at radius 3 is 2.47 bits per heavy atom. The van der Waals surface area contributed by atoms with Gasteiger partial charge in [0.25, 0.3) is 5.56 Å². The molecule has 0 saturated carbocycles. The van der Waals surface area contributed by atoms with Gasteiger partial charge in [0.1, 0.15) is 12.2 Å². The monoisotopic (exact) mass is 417 g/mol. The molecule has 0 spiro atoms. The average Bonchev–Trinajstić information content (AvgIpc) is 3.27. The molecule has 5 nitrogen and oxygen atoms in total. The van der Waals surface area contributed by atoms with E-state index in [1.807, 2.05) is 57.2 Å². The van der Waals surface area contributed by atoms with Crippen molar-refractivity contribution >= 4 is 17.1 Å². The minimum atomic E-state index is -0.284. The highest BCUT2D eigenvalue weighted by Gasteiger charge is 2.19. The summed E-state index contributed by atoms with van der Waals surface area (Å²) in [7, 11) is 0. The van der Waals surface area contributed by atoms with Crippen molar-refractivity contribution in [3.8, 4) is 16.3 Å². The number of ketones is 1. The molecule has 0 radical (unpaired) electrons. The molecule has 0 amide bonds. The van der Waals surface area contributed by atoms with Gasteiger partial charge in [-0.05, 0) is 63.6 Å². The predicted molar refractivity (Wildman–Crippen MR) is 121 cm³/mol. The maximum Gasteiger partial charge on any atom is 0.267 e. The number of thiophene rings is 1. The van der Waals surface area contributed by atoms with Crippen LogP contribution in [0.25, 0.3) is 16.3 Å². The molecule has 0 N–H and O–H groups in total. The van der Waals surface area contributed by atoms with E-state index in [-0.39, 0.29) is 17.9 Å². The SMILES string of the molecule is Cc1ccc(-c2ccc(=O)n(CC(=O)c3cc(C)n(-c4ccccc4C)c3C)n2)s1. The fourth-order valence-electron chi connectivity index (χ4n) is 3.72. The summed E-state index contributed by atoms with van der Waals surface area (Å²) in [6.07, 6.45) is 0. The lowest BCUT2D eigenvalue weighted by molar-refractivity contribution is 0.0965. The van der Waals surface area contributed by atoms with Crippen molar-refractivity contribution in [3.63, 3.8) is 0 Å². The Bertz CT molecular complexity index is 1310. The Balaban J connectivity index is 1.68. The molecule has 0 aliphatic rings. The largest absolute Gasteiger partial charge is 0.317 e. The van der Waals surface area contributed by atoms with Gasteiger partial charge in [-0.15, -0.1) is 11.3 Å². The minimum Gasteiger partial charge on any atom is -0.317 e. The molecule has 0 fully saturated rings. The van der Waals surface area contributed by atoms with Crippen LogP contribution in [0, 0.1) is 27.7 Å². The van der Waals surface area contributed by atoms with E-state index in [0.29, 0.717) is 11.3 Å². The molecule has 0 aliphatic carbocycles. The lowest BCUT2D eigenvalue weighted by atomic mass is 10.1. The Morgan fingerprint density at radius 1 is 1.00 bits per heavy atom. The van der Waals surface area contributed by atoms with E-state index in [0.717, 1.165) is 27.5 Å². The van der Waals surface area contributed by atoms with E-state index < -0.39 is 0 Å². The van der Waals surface area contributed by atoms with Gasteiger partial charge >= 0.3 is 0 Å². The van der Waals surface area contributed by atoms with Crippen LogP contribution in [0.4, 0.5) is 0 Å². The number of aryl methyl sites for hydroxylation is 3. The zero-order chi connectivity index (χ0) is 21.4. The number of carbonyl (C=O) groups excluding carboxylic acids is 1. The van der Waals surface area contributed by atoms with Crippen molar-refractivity contribution in [1.82, 2.24) is 14.3 Å². The smallest absolute Gasteiger partial charge is 0.267 e. The molecule has 30 heavy (non-hydrogen) atoms. The summed E-state index contributed by atoms with van der Waals surface area (Å²) in [5.41, 5.74) is 5.06. The van der Waals surface area contributed by atoms with Gasteiger partial charge in [-0.2, -0.15) is 5.10 Å². The highest BCUT2D eigenvalue weighted by atomic mass is 32.1. The zero-order valence-electron chi connectivity index (χ0n) is 17.5. The normalized spacial score (nSPS) is 11.1. The molecule has 3 aromatic heterocycles. The Hall–Kier alpha value is -3.25. The van der Waals surface area contributed by atoms with Gasteiger partial charge < -0.3 is 4.57 Å². The van der Waals surface area contributed by atoms with Crippen LogP contribution < -0.4 is 5.56 Å². The predicted octanol–water partition coefficient (Wildman–Crippen LogP) is 4.88. The van der Waals surface area contributed by atoms with Crippen LogP contribution in [-0.2, 0) is 6.54 Å². The number of nitrogens with zero attached hydrogens (tertiary/aromatic N) is 3. The quantitative estimate of drug-likeness (QED) is 0.435. The van der Waals surface area contributed by atoms with Crippen LogP contribution in [0.15, 0.2) is 59.4 Å². The fraction of sp³-hybridized carbons (Fsp3) is 0.208. The molecule has 4 rings (SSSR count). The molecule has 1 aromatic carbocycles. The van der Waals surface area contributed by atoms with Crippen LogP contribution in [0.2, 0.25) is 0 Å². The second-order valence-corrected chi connectivity index (χ2v) is 8.74. The van der Waals surface area contributed by atoms with Crippen LogP contribution in [0.1, 0.15) is 32.2 Å². The number of rotatable bonds is 5. The maximum absolute atomic E-state index is 13.1. The van der Waals surface area contributed by atoms with Crippen LogP contribution >= 0.6 is 11.3 Å². The van der Waals surface area contributed by atoms with Gasteiger partial charge in [-0.1, -0.05) is 18.2 Å². The number of aromatic nitrogens is 3. The molecule has 3 heterocycles.